The van der Waals surface area contributed by atoms with Crippen molar-refractivity contribution in [1.29, 1.82) is 0 Å². The van der Waals surface area contributed by atoms with Crippen LogP contribution in [0.4, 0.5) is 0 Å². The van der Waals surface area contributed by atoms with E-state index in [1.807, 2.05) is 26.7 Å². The van der Waals surface area contributed by atoms with Crippen LogP contribution < -0.4 is 0 Å². The average Bonchev–Trinajstić information content (AvgIpc) is 2.65. The van der Waals surface area contributed by atoms with Gasteiger partial charge in [0.1, 0.15) is 6.10 Å². The number of rotatable bonds is 2. The summed E-state index contributed by atoms with van der Waals surface area (Å²) in [5.41, 5.74) is 0.477. The molecular weight excluding hydrogens is 243 g/mol. The third-order valence-electron chi connectivity index (χ3n) is 4.19. The van der Waals surface area contributed by atoms with Crippen molar-refractivity contribution in [2.45, 2.75) is 71.6 Å². The molecule has 2 fully saturated rings. The van der Waals surface area contributed by atoms with Crippen LogP contribution in [0.25, 0.3) is 0 Å². The first-order valence-corrected chi connectivity index (χ1v) is 6.88. The molecule has 2 rings (SSSR count). The van der Waals surface area contributed by atoms with Crippen molar-refractivity contribution in [3.05, 3.63) is 11.5 Å². The minimum Gasteiger partial charge on any atom is -0.400 e. The quantitative estimate of drug-likeness (QED) is 0.721. The number of ether oxygens (including phenoxy) is 2. The van der Waals surface area contributed by atoms with Gasteiger partial charge in [0.25, 0.3) is 0 Å². The van der Waals surface area contributed by atoms with Crippen LogP contribution in [-0.4, -0.2) is 36.8 Å². The van der Waals surface area contributed by atoms with Gasteiger partial charge in [0.15, 0.2) is 5.79 Å². The predicted octanol–water partition coefficient (Wildman–Crippen LogP) is 2.72. The first-order chi connectivity index (χ1) is 8.52. The molecule has 2 heterocycles. The Morgan fingerprint density at radius 1 is 1.05 bits per heavy atom. The van der Waals surface area contributed by atoms with Gasteiger partial charge >= 0.3 is 7.12 Å². The number of hydrogen-bond donors (Lipinski definition) is 0. The van der Waals surface area contributed by atoms with Gasteiger partial charge in [0.2, 0.25) is 0 Å². The minimum atomic E-state index is -0.504. The van der Waals surface area contributed by atoms with E-state index in [0.717, 1.165) is 5.57 Å². The molecule has 0 aromatic carbocycles. The van der Waals surface area contributed by atoms with Gasteiger partial charge in [-0.15, -0.1) is 0 Å². The standard InChI is InChI=1S/C14H25BO4/c1-10(11-9-16-14(6,7)17-11)8-15-18-12(2,3)13(4,5)19-15/h8,11H,9H2,1-7H3/b10-8-/t11-/m1/s1. The van der Waals surface area contributed by atoms with Gasteiger partial charge in [-0.05, 0) is 54.0 Å². The highest BCUT2D eigenvalue weighted by Crippen LogP contribution is 2.37. The molecule has 19 heavy (non-hydrogen) atoms. The van der Waals surface area contributed by atoms with Crippen LogP contribution in [-0.2, 0) is 18.8 Å². The van der Waals surface area contributed by atoms with Gasteiger partial charge < -0.3 is 18.8 Å². The summed E-state index contributed by atoms with van der Waals surface area (Å²) in [4.78, 5) is 0. The zero-order valence-electron chi connectivity index (χ0n) is 13.1. The lowest BCUT2D eigenvalue weighted by Crippen LogP contribution is -2.41. The van der Waals surface area contributed by atoms with E-state index in [1.165, 1.54) is 0 Å². The van der Waals surface area contributed by atoms with Crippen molar-refractivity contribution < 1.29 is 18.8 Å². The van der Waals surface area contributed by atoms with E-state index < -0.39 is 5.79 Å². The van der Waals surface area contributed by atoms with E-state index in [4.69, 9.17) is 18.8 Å². The molecule has 5 heteroatoms. The lowest BCUT2D eigenvalue weighted by atomic mass is 9.86. The summed E-state index contributed by atoms with van der Waals surface area (Å²) in [7, 11) is -0.322. The summed E-state index contributed by atoms with van der Waals surface area (Å²) in [6, 6.07) is 0. The second kappa shape index (κ2) is 4.59. The fourth-order valence-corrected chi connectivity index (χ4v) is 2.19. The Morgan fingerprint density at radius 3 is 2.00 bits per heavy atom. The van der Waals surface area contributed by atoms with Crippen LogP contribution in [0, 0.1) is 0 Å². The van der Waals surface area contributed by atoms with Gasteiger partial charge in [-0.1, -0.05) is 5.98 Å². The summed E-state index contributed by atoms with van der Waals surface area (Å²) in [5.74, 6) is 1.49. The average molecular weight is 268 g/mol. The largest absolute Gasteiger partial charge is 0.487 e. The van der Waals surface area contributed by atoms with E-state index in [-0.39, 0.29) is 24.4 Å². The van der Waals surface area contributed by atoms with Gasteiger partial charge in [0.05, 0.1) is 17.8 Å². The van der Waals surface area contributed by atoms with Crippen LogP contribution >= 0.6 is 0 Å². The maximum Gasteiger partial charge on any atom is 0.487 e. The fourth-order valence-electron chi connectivity index (χ4n) is 2.19. The lowest BCUT2D eigenvalue weighted by Gasteiger charge is -2.32. The Labute approximate surface area is 116 Å². The van der Waals surface area contributed by atoms with E-state index in [2.05, 4.69) is 27.7 Å². The first-order valence-electron chi connectivity index (χ1n) is 6.88. The summed E-state index contributed by atoms with van der Waals surface area (Å²) < 4.78 is 23.3. The molecule has 0 saturated carbocycles. The molecule has 0 aromatic heterocycles. The third kappa shape index (κ3) is 3.05. The molecule has 0 bridgehead atoms. The van der Waals surface area contributed by atoms with Crippen molar-refractivity contribution in [3.8, 4) is 0 Å². The normalized spacial score (nSPS) is 32.9. The van der Waals surface area contributed by atoms with Crippen molar-refractivity contribution in [2.24, 2.45) is 0 Å². The van der Waals surface area contributed by atoms with Crippen LogP contribution in [0.3, 0.4) is 0 Å². The highest BCUT2D eigenvalue weighted by molar-refractivity contribution is 6.51. The molecule has 0 aliphatic carbocycles. The molecule has 108 valence electrons. The Bertz CT molecular complexity index is 371. The van der Waals surface area contributed by atoms with Crippen LogP contribution in [0.1, 0.15) is 48.5 Å². The van der Waals surface area contributed by atoms with Crippen LogP contribution in [0.5, 0.6) is 0 Å². The van der Waals surface area contributed by atoms with Crippen molar-refractivity contribution in [2.75, 3.05) is 6.61 Å². The Hall–Kier alpha value is -0.355. The Balaban J connectivity index is 2.04. The lowest BCUT2D eigenvalue weighted by molar-refractivity contribution is -0.134. The topological polar surface area (TPSA) is 36.9 Å². The van der Waals surface area contributed by atoms with E-state index in [0.29, 0.717) is 6.61 Å². The highest BCUT2D eigenvalue weighted by atomic mass is 16.7. The van der Waals surface area contributed by atoms with Gasteiger partial charge in [0, 0.05) is 0 Å². The number of hydrogen-bond acceptors (Lipinski definition) is 4. The molecule has 2 aliphatic rings. The molecule has 0 amide bonds. The van der Waals surface area contributed by atoms with Crippen LogP contribution in [0.2, 0.25) is 0 Å². The molecule has 0 radical (unpaired) electrons. The molecule has 1 atom stereocenters. The monoisotopic (exact) mass is 268 g/mol. The second-order valence-corrected chi connectivity index (χ2v) is 6.85. The first kappa shape index (κ1) is 15.0. The molecule has 0 unspecified atom stereocenters. The molecule has 0 spiro atoms. The molecule has 0 N–H and O–H groups in total. The molecule has 2 saturated heterocycles. The van der Waals surface area contributed by atoms with Crippen LogP contribution in [0.15, 0.2) is 11.5 Å². The van der Waals surface area contributed by atoms with Gasteiger partial charge in [-0.2, -0.15) is 0 Å². The summed E-state index contributed by atoms with van der Waals surface area (Å²) in [6.45, 7) is 14.7. The fraction of sp³-hybridized carbons (Fsp3) is 0.857. The Morgan fingerprint density at radius 2 is 1.58 bits per heavy atom. The zero-order valence-corrected chi connectivity index (χ0v) is 13.1. The third-order valence-corrected chi connectivity index (χ3v) is 4.19. The summed E-state index contributed by atoms with van der Waals surface area (Å²) in [5, 5.41) is 0. The molecule has 4 nitrogen and oxygen atoms in total. The summed E-state index contributed by atoms with van der Waals surface area (Å²) >= 11 is 0. The zero-order chi connectivity index (χ0) is 14.5. The molecule has 2 aliphatic heterocycles. The molecular formula is C14H25BO4. The van der Waals surface area contributed by atoms with Gasteiger partial charge in [-0.3, -0.25) is 0 Å². The van der Waals surface area contributed by atoms with E-state index >= 15 is 0 Å². The van der Waals surface area contributed by atoms with Gasteiger partial charge in [-0.25, -0.2) is 0 Å². The maximum absolute atomic E-state index is 5.95. The van der Waals surface area contributed by atoms with E-state index in [1.54, 1.807) is 0 Å². The minimum absolute atomic E-state index is 0.0194. The highest BCUT2D eigenvalue weighted by Gasteiger charge is 2.50. The SMILES string of the molecule is C/C(=C/B1OC(C)(C)C(C)(C)O1)[C@H]1COC(C)(C)O1. The van der Waals surface area contributed by atoms with E-state index in [9.17, 15) is 0 Å². The second-order valence-electron chi connectivity index (χ2n) is 6.85. The maximum atomic E-state index is 5.95. The predicted molar refractivity (Wildman–Crippen MR) is 74.7 cm³/mol. The smallest absolute Gasteiger partial charge is 0.400 e. The van der Waals surface area contributed by atoms with Crippen molar-refractivity contribution in [3.63, 3.8) is 0 Å². The van der Waals surface area contributed by atoms with Crippen molar-refractivity contribution in [1.82, 2.24) is 0 Å². The van der Waals surface area contributed by atoms with Crippen molar-refractivity contribution >= 4 is 7.12 Å². The molecule has 0 aromatic rings. The summed E-state index contributed by atoms with van der Waals surface area (Å²) in [6.07, 6.45) is -0.0194. The Kier molecular flexibility index (Phi) is 3.63.